The van der Waals surface area contributed by atoms with Gasteiger partial charge in [0.1, 0.15) is 0 Å². The van der Waals surface area contributed by atoms with Crippen LogP contribution in [0.3, 0.4) is 0 Å². The predicted octanol–water partition coefficient (Wildman–Crippen LogP) is -1.01. The molecule has 1 aliphatic rings. The van der Waals surface area contributed by atoms with Gasteiger partial charge in [0.05, 0.1) is 12.6 Å². The lowest BCUT2D eigenvalue weighted by Crippen LogP contribution is -2.30. The van der Waals surface area contributed by atoms with Crippen molar-refractivity contribution in [2.75, 3.05) is 13.1 Å². The van der Waals surface area contributed by atoms with Crippen LogP contribution in [0.15, 0.2) is 0 Å². The maximum absolute atomic E-state index is 10.6. The predicted molar refractivity (Wildman–Crippen MR) is 35.0 cm³/mol. The number of hydrogen-bond donors (Lipinski definition) is 2. The zero-order valence-corrected chi connectivity index (χ0v) is 5.55. The van der Waals surface area contributed by atoms with Crippen molar-refractivity contribution in [1.29, 1.82) is 5.26 Å². The van der Waals surface area contributed by atoms with Crippen molar-refractivity contribution >= 4 is 5.91 Å². The average molecular weight is 139 g/mol. The molecule has 0 saturated carbocycles. The summed E-state index contributed by atoms with van der Waals surface area (Å²) in [4.78, 5) is 10.6. The number of rotatable bonds is 2. The zero-order chi connectivity index (χ0) is 7.40. The van der Waals surface area contributed by atoms with E-state index in [1.807, 2.05) is 6.07 Å². The third kappa shape index (κ3) is 1.71. The van der Waals surface area contributed by atoms with E-state index in [-0.39, 0.29) is 11.9 Å². The Bertz CT molecular complexity index is 172. The van der Waals surface area contributed by atoms with Crippen molar-refractivity contribution in [3.8, 4) is 6.07 Å². The molecule has 1 aliphatic heterocycles. The minimum Gasteiger partial charge on any atom is -0.354 e. The molecule has 10 heavy (non-hydrogen) atoms. The first-order valence-electron chi connectivity index (χ1n) is 3.20. The summed E-state index contributed by atoms with van der Waals surface area (Å²) in [5, 5.41) is 13.8. The number of carbonyl (C=O) groups is 1. The van der Waals surface area contributed by atoms with Crippen LogP contribution in [0.1, 0.15) is 6.42 Å². The summed E-state index contributed by atoms with van der Waals surface area (Å²) in [6, 6.07) is 2.12. The van der Waals surface area contributed by atoms with E-state index >= 15 is 0 Å². The van der Waals surface area contributed by atoms with Crippen LogP contribution < -0.4 is 10.6 Å². The molecule has 0 aromatic carbocycles. The van der Waals surface area contributed by atoms with Crippen LogP contribution in [0.4, 0.5) is 0 Å². The minimum absolute atomic E-state index is 0.0652. The van der Waals surface area contributed by atoms with E-state index in [1.165, 1.54) is 0 Å². The van der Waals surface area contributed by atoms with Crippen molar-refractivity contribution in [3.63, 3.8) is 0 Å². The molecule has 2 N–H and O–H groups in total. The molecule has 4 heteroatoms. The highest BCUT2D eigenvalue weighted by atomic mass is 16.1. The normalized spacial score (nSPS) is 23.9. The molecule has 4 nitrogen and oxygen atoms in total. The summed E-state index contributed by atoms with van der Waals surface area (Å²) >= 11 is 0. The van der Waals surface area contributed by atoms with Gasteiger partial charge >= 0.3 is 0 Å². The fraction of sp³-hybridized carbons (Fsp3) is 0.667. The Balaban J connectivity index is 2.20. The molecule has 0 radical (unpaired) electrons. The first kappa shape index (κ1) is 7.03. The highest BCUT2D eigenvalue weighted by molar-refractivity contribution is 5.78. The number of nitrogens with one attached hydrogen (secondary N) is 2. The maximum Gasteiger partial charge on any atom is 0.221 e. The molecule has 1 atom stereocenters. The molecule has 1 unspecified atom stereocenters. The molecular weight excluding hydrogens is 130 g/mol. The number of hydrogen-bond acceptors (Lipinski definition) is 3. The van der Waals surface area contributed by atoms with Crippen LogP contribution in [0, 0.1) is 11.3 Å². The Morgan fingerprint density at radius 3 is 3.20 bits per heavy atom. The third-order valence-electron chi connectivity index (χ3n) is 1.45. The Morgan fingerprint density at radius 2 is 2.70 bits per heavy atom. The van der Waals surface area contributed by atoms with E-state index in [9.17, 15) is 4.79 Å². The second kappa shape index (κ2) is 3.18. The van der Waals surface area contributed by atoms with Crippen molar-refractivity contribution in [2.45, 2.75) is 12.5 Å². The molecule has 1 saturated heterocycles. The van der Waals surface area contributed by atoms with Gasteiger partial charge in [-0.2, -0.15) is 5.26 Å². The van der Waals surface area contributed by atoms with Gasteiger partial charge in [0.2, 0.25) is 5.91 Å². The van der Waals surface area contributed by atoms with Gasteiger partial charge in [0, 0.05) is 19.0 Å². The van der Waals surface area contributed by atoms with Crippen LogP contribution in [-0.2, 0) is 4.79 Å². The molecular formula is C6H9N3O. The highest BCUT2D eigenvalue weighted by Crippen LogP contribution is 1.97. The summed E-state index contributed by atoms with van der Waals surface area (Å²) in [6.45, 7) is 0.972. The molecule has 0 aromatic rings. The molecule has 1 fully saturated rings. The van der Waals surface area contributed by atoms with Crippen molar-refractivity contribution in [3.05, 3.63) is 0 Å². The van der Waals surface area contributed by atoms with Crippen LogP contribution in [0.25, 0.3) is 0 Å². The first-order chi connectivity index (χ1) is 4.83. The number of carbonyl (C=O) groups excluding carboxylic acids is 1. The zero-order valence-electron chi connectivity index (χ0n) is 5.55. The standard InChI is InChI=1S/C6H9N3O/c7-1-2-8-5-3-6(10)9-4-5/h5,8H,2-4H2,(H,9,10). The largest absolute Gasteiger partial charge is 0.354 e. The second-order valence-corrected chi connectivity index (χ2v) is 2.24. The molecule has 0 spiro atoms. The van der Waals surface area contributed by atoms with E-state index in [0.29, 0.717) is 19.5 Å². The van der Waals surface area contributed by atoms with E-state index in [4.69, 9.17) is 5.26 Å². The Labute approximate surface area is 59.2 Å². The molecule has 54 valence electrons. The van der Waals surface area contributed by atoms with E-state index < -0.39 is 0 Å². The molecule has 1 rings (SSSR count). The van der Waals surface area contributed by atoms with Crippen molar-refractivity contribution < 1.29 is 4.79 Å². The lowest BCUT2D eigenvalue weighted by Gasteiger charge is -2.03. The number of nitriles is 1. The molecule has 1 heterocycles. The summed E-state index contributed by atoms with van der Waals surface area (Å²) in [5.41, 5.74) is 0. The van der Waals surface area contributed by atoms with Crippen molar-refractivity contribution in [1.82, 2.24) is 10.6 Å². The second-order valence-electron chi connectivity index (χ2n) is 2.24. The highest BCUT2D eigenvalue weighted by Gasteiger charge is 2.19. The average Bonchev–Trinajstić information content (AvgIpc) is 2.31. The molecule has 0 bridgehead atoms. The van der Waals surface area contributed by atoms with Gasteiger partial charge in [-0.05, 0) is 0 Å². The topological polar surface area (TPSA) is 64.9 Å². The van der Waals surface area contributed by atoms with Gasteiger partial charge in [0.15, 0.2) is 0 Å². The van der Waals surface area contributed by atoms with Crippen LogP contribution in [0.5, 0.6) is 0 Å². The van der Waals surface area contributed by atoms with E-state index in [1.54, 1.807) is 0 Å². The van der Waals surface area contributed by atoms with E-state index in [0.717, 1.165) is 0 Å². The fourth-order valence-corrected chi connectivity index (χ4v) is 0.939. The van der Waals surface area contributed by atoms with Crippen LogP contribution in [-0.4, -0.2) is 25.0 Å². The SMILES string of the molecule is N#CCNC1CNC(=O)C1. The quantitative estimate of drug-likeness (QED) is 0.482. The maximum atomic E-state index is 10.6. The number of nitrogens with zero attached hydrogens (tertiary/aromatic N) is 1. The van der Waals surface area contributed by atoms with E-state index in [2.05, 4.69) is 10.6 Å². The van der Waals surface area contributed by atoms with Gasteiger partial charge in [-0.15, -0.1) is 0 Å². The summed E-state index contributed by atoms with van der Waals surface area (Å²) < 4.78 is 0. The first-order valence-corrected chi connectivity index (χ1v) is 3.20. The van der Waals surface area contributed by atoms with Gasteiger partial charge in [-0.1, -0.05) is 0 Å². The molecule has 1 amide bonds. The molecule has 0 aliphatic carbocycles. The summed E-state index contributed by atoms with van der Waals surface area (Å²) in [7, 11) is 0. The monoisotopic (exact) mass is 139 g/mol. The molecule has 0 aromatic heterocycles. The lowest BCUT2D eigenvalue weighted by atomic mass is 10.2. The Morgan fingerprint density at radius 1 is 1.90 bits per heavy atom. The minimum atomic E-state index is 0.0652. The van der Waals surface area contributed by atoms with Crippen LogP contribution in [0.2, 0.25) is 0 Å². The summed E-state index contributed by atoms with van der Waals surface area (Å²) in [6.07, 6.45) is 0.502. The smallest absolute Gasteiger partial charge is 0.221 e. The number of amides is 1. The fourth-order valence-electron chi connectivity index (χ4n) is 0.939. The van der Waals surface area contributed by atoms with Gasteiger partial charge < -0.3 is 5.32 Å². The third-order valence-corrected chi connectivity index (χ3v) is 1.45. The Hall–Kier alpha value is -1.08. The lowest BCUT2D eigenvalue weighted by molar-refractivity contribution is -0.119. The summed E-state index contributed by atoms with van der Waals surface area (Å²) in [5.74, 6) is 0.0652. The Kier molecular flexibility index (Phi) is 2.24. The van der Waals surface area contributed by atoms with Crippen molar-refractivity contribution in [2.24, 2.45) is 0 Å². The van der Waals surface area contributed by atoms with Gasteiger partial charge in [0.25, 0.3) is 0 Å². The van der Waals surface area contributed by atoms with Gasteiger partial charge in [-0.3, -0.25) is 10.1 Å². The van der Waals surface area contributed by atoms with Gasteiger partial charge in [-0.25, -0.2) is 0 Å². The van der Waals surface area contributed by atoms with Crippen LogP contribution >= 0.6 is 0 Å².